The Balaban J connectivity index is 1.77. The molecule has 0 radical (unpaired) electrons. The van der Waals surface area contributed by atoms with Crippen LogP contribution in [0.3, 0.4) is 0 Å². The van der Waals surface area contributed by atoms with E-state index >= 15 is 0 Å². The van der Waals surface area contributed by atoms with Crippen molar-refractivity contribution in [2.24, 2.45) is 0 Å². The van der Waals surface area contributed by atoms with Gasteiger partial charge in [0.05, 0.1) is 4.92 Å². The lowest BCUT2D eigenvalue weighted by atomic mass is 10.2. The van der Waals surface area contributed by atoms with Crippen LogP contribution in [0.15, 0.2) is 54.6 Å². The number of nitrogens with zero attached hydrogens (tertiary/aromatic N) is 1. The molecule has 0 amide bonds. The van der Waals surface area contributed by atoms with Crippen LogP contribution in [-0.4, -0.2) is 17.5 Å². The number of ether oxygens (including phenoxy) is 2. The predicted molar refractivity (Wildman–Crippen MR) is 74.8 cm³/mol. The largest absolute Gasteiger partial charge is 0.482 e. The zero-order valence-electron chi connectivity index (χ0n) is 11.1. The minimum Gasteiger partial charge on any atom is -0.482 e. The molecule has 2 aromatic rings. The lowest BCUT2D eigenvalue weighted by Gasteiger charge is -2.07. The maximum atomic E-state index is 11.5. The van der Waals surface area contributed by atoms with Gasteiger partial charge in [-0.15, -0.1) is 0 Å². The molecule has 0 saturated heterocycles. The van der Waals surface area contributed by atoms with Gasteiger partial charge in [0, 0.05) is 12.1 Å². The van der Waals surface area contributed by atoms with Gasteiger partial charge in [-0.1, -0.05) is 30.3 Å². The van der Waals surface area contributed by atoms with Crippen molar-refractivity contribution in [3.8, 4) is 5.75 Å². The minimum absolute atomic E-state index is 0.0333. The first-order chi connectivity index (χ1) is 10.1. The normalized spacial score (nSPS) is 9.90. The van der Waals surface area contributed by atoms with E-state index in [4.69, 9.17) is 9.47 Å². The van der Waals surface area contributed by atoms with Crippen molar-refractivity contribution in [1.29, 1.82) is 0 Å². The van der Waals surface area contributed by atoms with E-state index in [1.165, 1.54) is 24.3 Å². The molecule has 108 valence electrons. The van der Waals surface area contributed by atoms with Crippen LogP contribution < -0.4 is 4.74 Å². The van der Waals surface area contributed by atoms with Gasteiger partial charge in [-0.3, -0.25) is 10.1 Å². The van der Waals surface area contributed by atoms with E-state index in [0.29, 0.717) is 5.75 Å². The Morgan fingerprint density at radius 1 is 1.05 bits per heavy atom. The Morgan fingerprint density at radius 3 is 2.33 bits per heavy atom. The van der Waals surface area contributed by atoms with Gasteiger partial charge < -0.3 is 9.47 Å². The predicted octanol–water partition coefficient (Wildman–Crippen LogP) is 2.72. The number of esters is 1. The molecular formula is C15H13NO5. The van der Waals surface area contributed by atoms with Gasteiger partial charge in [0.1, 0.15) is 12.4 Å². The van der Waals surface area contributed by atoms with Gasteiger partial charge in [-0.05, 0) is 17.7 Å². The van der Waals surface area contributed by atoms with E-state index in [-0.39, 0.29) is 18.9 Å². The molecule has 0 spiro atoms. The van der Waals surface area contributed by atoms with Gasteiger partial charge in [0.2, 0.25) is 0 Å². The van der Waals surface area contributed by atoms with Crippen molar-refractivity contribution >= 4 is 11.7 Å². The van der Waals surface area contributed by atoms with Crippen molar-refractivity contribution < 1.29 is 19.2 Å². The Bertz CT molecular complexity index is 610. The number of non-ortho nitro benzene ring substituents is 1. The summed E-state index contributed by atoms with van der Waals surface area (Å²) < 4.78 is 10.2. The van der Waals surface area contributed by atoms with Crippen LogP contribution in [0.5, 0.6) is 5.75 Å². The summed E-state index contributed by atoms with van der Waals surface area (Å²) in [6, 6.07) is 14.8. The summed E-state index contributed by atoms with van der Waals surface area (Å²) in [5.74, 6) is -0.130. The number of hydrogen-bond donors (Lipinski definition) is 0. The first-order valence-electron chi connectivity index (χ1n) is 6.22. The van der Waals surface area contributed by atoms with E-state index in [1.807, 2.05) is 30.3 Å². The molecule has 21 heavy (non-hydrogen) atoms. The molecule has 0 saturated carbocycles. The maximum Gasteiger partial charge on any atom is 0.344 e. The van der Waals surface area contributed by atoms with E-state index in [9.17, 15) is 14.9 Å². The molecule has 0 unspecified atom stereocenters. The fourth-order valence-electron chi connectivity index (χ4n) is 1.59. The molecule has 0 heterocycles. The molecule has 0 aromatic heterocycles. The third kappa shape index (κ3) is 4.61. The summed E-state index contributed by atoms with van der Waals surface area (Å²) in [5.41, 5.74) is 0.857. The summed E-state index contributed by atoms with van der Waals surface area (Å²) in [6.45, 7) is -0.0616. The number of rotatable bonds is 6. The van der Waals surface area contributed by atoms with Crippen molar-refractivity contribution in [2.45, 2.75) is 6.61 Å². The van der Waals surface area contributed by atoms with Gasteiger partial charge in [-0.25, -0.2) is 4.79 Å². The second-order valence-corrected chi connectivity index (χ2v) is 4.19. The van der Waals surface area contributed by atoms with Crippen molar-refractivity contribution in [3.63, 3.8) is 0 Å². The topological polar surface area (TPSA) is 78.7 Å². The number of carbonyl (C=O) groups excluding carboxylic acids is 1. The molecular weight excluding hydrogens is 274 g/mol. The molecule has 6 nitrogen and oxygen atoms in total. The zero-order valence-corrected chi connectivity index (χ0v) is 11.1. The number of carbonyl (C=O) groups is 1. The second kappa shape index (κ2) is 7.04. The molecule has 2 aromatic carbocycles. The first kappa shape index (κ1) is 14.5. The quantitative estimate of drug-likeness (QED) is 0.463. The van der Waals surface area contributed by atoms with Crippen LogP contribution in [0.1, 0.15) is 5.56 Å². The highest BCUT2D eigenvalue weighted by atomic mass is 16.6. The van der Waals surface area contributed by atoms with Crippen LogP contribution in [0.2, 0.25) is 0 Å². The van der Waals surface area contributed by atoms with E-state index < -0.39 is 10.9 Å². The standard InChI is InChI=1S/C15H13NO5/c17-15(21-10-12-4-2-1-3-5-12)11-20-14-8-6-13(7-9-14)16(18)19/h1-9H,10-11H2. The molecule has 0 fully saturated rings. The number of nitro groups is 1. The van der Waals surface area contributed by atoms with Crippen LogP contribution >= 0.6 is 0 Å². The Morgan fingerprint density at radius 2 is 1.71 bits per heavy atom. The third-order valence-corrected chi connectivity index (χ3v) is 2.65. The molecule has 6 heteroatoms. The highest BCUT2D eigenvalue weighted by Gasteiger charge is 2.07. The highest BCUT2D eigenvalue weighted by molar-refractivity contribution is 5.71. The highest BCUT2D eigenvalue weighted by Crippen LogP contribution is 2.17. The SMILES string of the molecule is O=C(COc1ccc([N+](=O)[O-])cc1)OCc1ccccc1. The summed E-state index contributed by atoms with van der Waals surface area (Å²) in [5, 5.41) is 10.5. The van der Waals surface area contributed by atoms with Gasteiger partial charge in [-0.2, -0.15) is 0 Å². The Kier molecular flexibility index (Phi) is 4.87. The lowest BCUT2D eigenvalue weighted by Crippen LogP contribution is -2.14. The number of hydrogen-bond acceptors (Lipinski definition) is 5. The van der Waals surface area contributed by atoms with E-state index in [1.54, 1.807) is 0 Å². The van der Waals surface area contributed by atoms with E-state index in [2.05, 4.69) is 0 Å². The van der Waals surface area contributed by atoms with Gasteiger partial charge in [0.25, 0.3) is 5.69 Å². The molecule has 0 atom stereocenters. The fourth-order valence-corrected chi connectivity index (χ4v) is 1.59. The molecule has 2 rings (SSSR count). The summed E-state index contributed by atoms with van der Waals surface area (Å²) in [4.78, 5) is 21.5. The Hall–Kier alpha value is -2.89. The molecule has 0 aliphatic heterocycles. The van der Waals surface area contributed by atoms with Crippen LogP contribution in [-0.2, 0) is 16.1 Å². The average molecular weight is 287 g/mol. The zero-order chi connectivity index (χ0) is 15.1. The fraction of sp³-hybridized carbons (Fsp3) is 0.133. The van der Waals surface area contributed by atoms with E-state index in [0.717, 1.165) is 5.56 Å². The van der Waals surface area contributed by atoms with Crippen molar-refractivity contribution in [2.75, 3.05) is 6.61 Å². The number of nitro benzene ring substituents is 1. The van der Waals surface area contributed by atoms with Crippen LogP contribution in [0.4, 0.5) is 5.69 Å². The van der Waals surface area contributed by atoms with Crippen LogP contribution in [0, 0.1) is 10.1 Å². The summed E-state index contributed by atoms with van der Waals surface area (Å²) >= 11 is 0. The van der Waals surface area contributed by atoms with Crippen molar-refractivity contribution in [1.82, 2.24) is 0 Å². The Labute approximate surface area is 121 Å². The lowest BCUT2D eigenvalue weighted by molar-refractivity contribution is -0.384. The molecule has 0 aliphatic carbocycles. The summed E-state index contributed by atoms with van der Waals surface area (Å²) in [7, 11) is 0. The monoisotopic (exact) mass is 287 g/mol. The third-order valence-electron chi connectivity index (χ3n) is 2.65. The molecule has 0 N–H and O–H groups in total. The molecule has 0 aliphatic rings. The smallest absolute Gasteiger partial charge is 0.344 e. The van der Waals surface area contributed by atoms with Crippen molar-refractivity contribution in [3.05, 3.63) is 70.3 Å². The second-order valence-electron chi connectivity index (χ2n) is 4.19. The average Bonchev–Trinajstić information content (AvgIpc) is 2.52. The minimum atomic E-state index is -0.503. The summed E-state index contributed by atoms with van der Waals surface area (Å²) in [6.07, 6.45) is 0. The van der Waals surface area contributed by atoms with Gasteiger partial charge >= 0.3 is 5.97 Å². The van der Waals surface area contributed by atoms with Crippen LogP contribution in [0.25, 0.3) is 0 Å². The first-order valence-corrected chi connectivity index (χ1v) is 6.22. The van der Waals surface area contributed by atoms with Gasteiger partial charge in [0.15, 0.2) is 6.61 Å². The maximum absolute atomic E-state index is 11.5. The molecule has 0 bridgehead atoms. The number of benzene rings is 2.